The van der Waals surface area contributed by atoms with Crippen molar-refractivity contribution in [2.75, 3.05) is 31.9 Å². The molecule has 14 heavy (non-hydrogen) atoms. The first-order valence-electron chi connectivity index (χ1n) is 2.85. The predicted octanol–water partition coefficient (Wildman–Crippen LogP) is 0.298. The van der Waals surface area contributed by atoms with Crippen LogP contribution in [-0.2, 0) is 12.7 Å². The van der Waals surface area contributed by atoms with Gasteiger partial charge in [0.15, 0.2) is 0 Å². The topological polar surface area (TPSA) is 97.7 Å². The van der Waals surface area contributed by atoms with Crippen LogP contribution in [0.4, 0.5) is 0 Å². The number of rotatable bonds is 4. The van der Waals surface area contributed by atoms with Gasteiger partial charge in [-0.25, -0.2) is 0 Å². The quantitative estimate of drug-likeness (QED) is 0.534. The van der Waals surface area contributed by atoms with E-state index >= 15 is 0 Å². The Balaban J connectivity index is -0.0000000405. The first kappa shape index (κ1) is 29.6. The molecule has 0 bridgehead atoms. The zero-order valence-electron chi connectivity index (χ0n) is 7.60. The average Bonchev–Trinajstić information content (AvgIpc) is 1.90. The van der Waals surface area contributed by atoms with Gasteiger partial charge in [0.25, 0.3) is 0 Å². The second-order valence-electron chi connectivity index (χ2n) is 1.73. The Hall–Kier alpha value is 1.49. The molecule has 0 radical (unpaired) electrons. The Bertz CT molecular complexity index is 70.9. The van der Waals surface area contributed by atoms with E-state index in [-0.39, 0.29) is 16.4 Å². The molecule has 0 aromatic heterocycles. The van der Waals surface area contributed by atoms with Gasteiger partial charge in [-0.15, -0.1) is 23.2 Å². The first-order chi connectivity index (χ1) is 5.22. The second kappa shape index (κ2) is 29.3. The molecule has 0 heterocycles. The van der Waals surface area contributed by atoms with Crippen molar-refractivity contribution in [3.05, 3.63) is 0 Å². The van der Waals surface area contributed by atoms with Gasteiger partial charge < -0.3 is 21.3 Å². The van der Waals surface area contributed by atoms with Crippen molar-refractivity contribution in [3.8, 4) is 0 Å². The molecule has 0 spiro atoms. The minimum atomic E-state index is 0. The van der Waals surface area contributed by atoms with Gasteiger partial charge in [-0.1, -0.05) is 0 Å². The fraction of sp³-hybridized carbons (Fsp3) is 1.00. The number of nitrogens with zero attached hydrogens (tertiary/aromatic N) is 1. The van der Waals surface area contributed by atoms with Crippen molar-refractivity contribution in [3.63, 3.8) is 0 Å². The van der Waals surface area contributed by atoms with Crippen LogP contribution in [0.15, 0.2) is 0 Å². The van der Waals surface area contributed by atoms with E-state index in [1.165, 1.54) is 0 Å². The van der Waals surface area contributed by atoms with Crippen LogP contribution in [0.25, 0.3) is 0 Å². The van der Waals surface area contributed by atoms with Gasteiger partial charge in [0, 0.05) is 24.8 Å². The van der Waals surface area contributed by atoms with Crippen molar-refractivity contribution in [2.45, 2.75) is 0 Å². The molecule has 6 N–H and O–H groups in total. The molecule has 0 rings (SSSR count). The van der Waals surface area contributed by atoms with E-state index in [2.05, 4.69) is 4.90 Å². The van der Waals surface area contributed by atoms with Crippen molar-refractivity contribution < 1.29 is 29.1 Å². The van der Waals surface area contributed by atoms with Gasteiger partial charge in [0.05, 0.1) is 0 Å². The minimum absolute atomic E-state index is 0. The molecule has 9 heteroatoms. The van der Waals surface area contributed by atoms with Crippen molar-refractivity contribution in [2.24, 2.45) is 0 Å². The molecule has 0 aliphatic rings. The molecule has 0 aromatic carbocycles. The molecular formula is C5H17Cl4NNiO3+. The van der Waals surface area contributed by atoms with Crippen LogP contribution >= 0.6 is 43.6 Å². The van der Waals surface area contributed by atoms with Crippen molar-refractivity contribution in [1.82, 2.24) is 4.90 Å². The maximum atomic E-state index is 5.45. The van der Waals surface area contributed by atoms with Gasteiger partial charge in [0.1, 0.15) is 0 Å². The molecule has 0 saturated heterocycles. The number of alkyl halides is 2. The molecule has 4 nitrogen and oxygen atoms in total. The van der Waals surface area contributed by atoms with Crippen LogP contribution in [0.5, 0.6) is 0 Å². The van der Waals surface area contributed by atoms with Crippen LogP contribution < -0.4 is 0 Å². The SMILES string of the molecule is CN(CCCl)CCCl.O.O.O.[Cl][Ni+][Cl]. The molecule has 0 aliphatic heterocycles. The summed E-state index contributed by atoms with van der Waals surface area (Å²) in [5.41, 5.74) is 0. The van der Waals surface area contributed by atoms with E-state index in [4.69, 9.17) is 43.6 Å². The summed E-state index contributed by atoms with van der Waals surface area (Å²) in [7, 11) is 11.4. The molecule has 0 atom stereocenters. The van der Waals surface area contributed by atoms with E-state index in [1.807, 2.05) is 7.05 Å². The average molecular weight is 340 g/mol. The molecule has 97 valence electrons. The van der Waals surface area contributed by atoms with Crippen LogP contribution in [0, 0.1) is 0 Å². The summed E-state index contributed by atoms with van der Waals surface area (Å²) in [5, 5.41) is 0. The van der Waals surface area contributed by atoms with Crippen LogP contribution in [0.3, 0.4) is 0 Å². The Morgan fingerprint density at radius 2 is 1.14 bits per heavy atom. The fourth-order valence-electron chi connectivity index (χ4n) is 0.400. The normalized spacial score (nSPS) is 7.57. The molecule has 0 unspecified atom stereocenters. The third-order valence-electron chi connectivity index (χ3n) is 0.932. The van der Waals surface area contributed by atoms with Gasteiger partial charge >= 0.3 is 33.0 Å². The molecule has 0 aliphatic carbocycles. The summed E-state index contributed by atoms with van der Waals surface area (Å²) in [6, 6.07) is 0. The maximum absolute atomic E-state index is 5.45. The van der Waals surface area contributed by atoms with Gasteiger partial charge in [-0.3, -0.25) is 0 Å². The summed E-state index contributed by atoms with van der Waals surface area (Å²) in [6.07, 6.45) is 0. The van der Waals surface area contributed by atoms with E-state index in [0.717, 1.165) is 13.1 Å². The summed E-state index contributed by atoms with van der Waals surface area (Å²) >= 11 is 11.5. The monoisotopic (exact) mass is 337 g/mol. The molecule has 0 aromatic rings. The summed E-state index contributed by atoms with van der Waals surface area (Å²) in [4.78, 5) is 2.10. The third-order valence-corrected chi connectivity index (χ3v) is 1.27. The van der Waals surface area contributed by atoms with E-state index in [1.54, 1.807) is 0 Å². The van der Waals surface area contributed by atoms with Crippen LogP contribution in [0.1, 0.15) is 0 Å². The number of halogens is 4. The Morgan fingerprint density at radius 1 is 0.929 bits per heavy atom. The first-order valence-corrected chi connectivity index (χ1v) is 6.64. The predicted molar refractivity (Wildman–Crippen MR) is 61.5 cm³/mol. The van der Waals surface area contributed by atoms with Gasteiger partial charge in [0.2, 0.25) is 0 Å². The third kappa shape index (κ3) is 37.5. The fourth-order valence-corrected chi connectivity index (χ4v) is 0.977. The zero-order valence-corrected chi connectivity index (χ0v) is 11.6. The molecule has 0 amide bonds. The Kier molecular flexibility index (Phi) is 61.8. The van der Waals surface area contributed by atoms with Crippen molar-refractivity contribution >= 4 is 43.6 Å². The zero-order chi connectivity index (χ0) is 9.11. The van der Waals surface area contributed by atoms with Crippen LogP contribution in [0.2, 0.25) is 0 Å². The molecule has 0 fully saturated rings. The standard InChI is InChI=1S/C5H11Cl2N.2ClH.Ni.3H2O/c1-8(4-2-6)5-3-7;;;;;;/h2-5H2,1H3;2*1H;;3*1H2/q;;;+3;;;/p-2. The summed E-state index contributed by atoms with van der Waals surface area (Å²) in [6.45, 7) is 1.85. The number of hydrogen-bond donors (Lipinski definition) is 0. The Labute approximate surface area is 109 Å². The van der Waals surface area contributed by atoms with Gasteiger partial charge in [-0.2, -0.15) is 0 Å². The van der Waals surface area contributed by atoms with Crippen LogP contribution in [-0.4, -0.2) is 53.2 Å². The van der Waals surface area contributed by atoms with E-state index < -0.39 is 0 Å². The van der Waals surface area contributed by atoms with E-state index in [9.17, 15) is 0 Å². The number of hydrogen-bond acceptors (Lipinski definition) is 1. The Morgan fingerprint density at radius 3 is 1.29 bits per heavy atom. The summed E-state index contributed by atoms with van der Waals surface area (Å²) in [5.74, 6) is 1.38. The molecular weight excluding hydrogens is 323 g/mol. The molecule has 0 saturated carbocycles. The summed E-state index contributed by atoms with van der Waals surface area (Å²) < 4.78 is 0. The second-order valence-corrected chi connectivity index (χ2v) is 4.11. The van der Waals surface area contributed by atoms with Crippen molar-refractivity contribution in [1.29, 1.82) is 0 Å². The van der Waals surface area contributed by atoms with E-state index in [0.29, 0.717) is 24.4 Å². The van der Waals surface area contributed by atoms with Gasteiger partial charge in [-0.05, 0) is 7.05 Å².